The van der Waals surface area contributed by atoms with Gasteiger partial charge in [-0.3, -0.25) is 0 Å². The van der Waals surface area contributed by atoms with Crippen LogP contribution in [0, 0.1) is 0 Å². The number of benzene rings is 1. The molecule has 2 rings (SSSR count). The Bertz CT molecular complexity index is 406. The van der Waals surface area contributed by atoms with Gasteiger partial charge in [-0.1, -0.05) is 0 Å². The van der Waals surface area contributed by atoms with Crippen molar-refractivity contribution in [1.82, 2.24) is 0 Å². The van der Waals surface area contributed by atoms with Crippen LogP contribution in [0.25, 0.3) is 6.08 Å². The van der Waals surface area contributed by atoms with Crippen molar-refractivity contribution in [2.45, 2.75) is 23.7 Å². The Balaban J connectivity index is 2.28. The molecule has 1 saturated heterocycles. The molecule has 2 nitrogen and oxygen atoms in total. The predicted octanol–water partition coefficient (Wildman–Crippen LogP) is 3.41. The molecule has 96 valence electrons. The summed E-state index contributed by atoms with van der Waals surface area (Å²) >= 11 is -1.97. The molecule has 0 amide bonds. The first kappa shape index (κ1) is 13.9. The second kappa shape index (κ2) is 6.09. The molecule has 0 saturated carbocycles. The molecule has 1 aliphatic rings. The molecule has 0 unspecified atom stereocenters. The van der Waals surface area contributed by atoms with Crippen LogP contribution < -0.4 is 0 Å². The summed E-state index contributed by atoms with van der Waals surface area (Å²) in [5.41, 5.74) is 1.24. The Morgan fingerprint density at radius 3 is 2.28 bits per heavy atom. The number of rotatable bonds is 3. The fraction of sp³-hybridized carbons (Fsp3) is 0.429. The summed E-state index contributed by atoms with van der Waals surface area (Å²) in [4.78, 5) is 0. The first-order valence-electron chi connectivity index (χ1n) is 6.58. The standard InChI is InChI=1S/C14H21BGeO2/c1-16(2,3)14(15-17-10-7-11-18-15)12-13-8-5-4-6-9-13/h4-6,8-9,12H,7,10-11H2,1-3H3/b14-12-. The third kappa shape index (κ3) is 3.74. The zero-order valence-corrected chi connectivity index (χ0v) is 13.6. The van der Waals surface area contributed by atoms with Crippen molar-refractivity contribution < 1.29 is 9.31 Å². The predicted molar refractivity (Wildman–Crippen MR) is 80.0 cm³/mol. The number of hydrogen-bond acceptors (Lipinski definition) is 2. The van der Waals surface area contributed by atoms with Gasteiger partial charge in [0.25, 0.3) is 0 Å². The van der Waals surface area contributed by atoms with Crippen LogP contribution in [0.3, 0.4) is 0 Å². The van der Waals surface area contributed by atoms with Gasteiger partial charge < -0.3 is 0 Å². The molecular weight excluding hydrogens is 284 g/mol. The molecule has 0 bridgehead atoms. The van der Waals surface area contributed by atoms with Crippen molar-refractivity contribution in [3.05, 3.63) is 40.2 Å². The summed E-state index contributed by atoms with van der Waals surface area (Å²) in [6, 6.07) is 10.5. The van der Waals surface area contributed by atoms with E-state index in [2.05, 4.69) is 47.6 Å². The van der Waals surface area contributed by atoms with Gasteiger partial charge in [0.15, 0.2) is 0 Å². The maximum absolute atomic E-state index is 5.80. The normalized spacial score (nSPS) is 17.9. The average Bonchev–Trinajstić information content (AvgIpc) is 2.37. The Kier molecular flexibility index (Phi) is 4.70. The topological polar surface area (TPSA) is 18.5 Å². The third-order valence-electron chi connectivity index (χ3n) is 3.07. The van der Waals surface area contributed by atoms with Crippen molar-refractivity contribution in [1.29, 1.82) is 0 Å². The van der Waals surface area contributed by atoms with Crippen LogP contribution in [0.2, 0.25) is 17.3 Å². The van der Waals surface area contributed by atoms with Gasteiger partial charge in [0, 0.05) is 0 Å². The Morgan fingerprint density at radius 1 is 1.11 bits per heavy atom. The summed E-state index contributed by atoms with van der Waals surface area (Å²) in [6.07, 6.45) is 3.28. The van der Waals surface area contributed by atoms with Gasteiger partial charge in [-0.05, 0) is 0 Å². The van der Waals surface area contributed by atoms with Gasteiger partial charge >= 0.3 is 113 Å². The van der Waals surface area contributed by atoms with Gasteiger partial charge in [-0.2, -0.15) is 0 Å². The number of hydrogen-bond donors (Lipinski definition) is 0. The molecule has 0 aliphatic carbocycles. The summed E-state index contributed by atoms with van der Waals surface area (Å²) in [5, 5.41) is 0. The van der Waals surface area contributed by atoms with E-state index in [9.17, 15) is 0 Å². The van der Waals surface area contributed by atoms with E-state index in [1.165, 1.54) is 9.87 Å². The van der Waals surface area contributed by atoms with E-state index in [4.69, 9.17) is 9.31 Å². The van der Waals surface area contributed by atoms with Crippen molar-refractivity contribution in [2.75, 3.05) is 13.2 Å². The SMILES string of the molecule is [CH3][Ge]([CH3])([CH3])/[C](=C\c1ccccc1)B1OCCCO1. The zero-order valence-electron chi connectivity index (χ0n) is 11.5. The first-order valence-corrected chi connectivity index (χ1v) is 13.9. The van der Waals surface area contributed by atoms with Crippen LogP contribution in [0.1, 0.15) is 12.0 Å². The van der Waals surface area contributed by atoms with Gasteiger partial charge in [0.05, 0.1) is 0 Å². The Labute approximate surface area is 113 Å². The molecule has 0 atom stereocenters. The molecule has 4 heteroatoms. The Morgan fingerprint density at radius 2 is 1.72 bits per heavy atom. The van der Waals surface area contributed by atoms with Gasteiger partial charge in [-0.25, -0.2) is 0 Å². The van der Waals surface area contributed by atoms with E-state index in [0.29, 0.717) is 0 Å². The van der Waals surface area contributed by atoms with Crippen LogP contribution >= 0.6 is 0 Å². The van der Waals surface area contributed by atoms with Gasteiger partial charge in [-0.15, -0.1) is 0 Å². The molecule has 18 heavy (non-hydrogen) atoms. The molecule has 1 fully saturated rings. The van der Waals surface area contributed by atoms with Gasteiger partial charge in [0.1, 0.15) is 0 Å². The Hall–Kier alpha value is -0.512. The fourth-order valence-corrected chi connectivity index (χ4v) is 5.13. The molecule has 1 heterocycles. The second-order valence-corrected chi connectivity index (χ2v) is 16.3. The molecular formula is C14H21BGeO2. The second-order valence-electron chi connectivity index (χ2n) is 5.69. The summed E-state index contributed by atoms with van der Waals surface area (Å²) < 4.78 is 13.0. The molecule has 1 aromatic rings. The van der Waals surface area contributed by atoms with Gasteiger partial charge in [0.2, 0.25) is 0 Å². The van der Waals surface area contributed by atoms with E-state index < -0.39 is 13.3 Å². The fourth-order valence-electron chi connectivity index (χ4n) is 2.03. The van der Waals surface area contributed by atoms with Crippen LogP contribution in [0.15, 0.2) is 34.6 Å². The summed E-state index contributed by atoms with van der Waals surface area (Å²) in [6.45, 7) is 1.63. The molecule has 0 spiro atoms. The summed E-state index contributed by atoms with van der Waals surface area (Å²) in [7, 11) is -0.112. The van der Waals surface area contributed by atoms with Crippen LogP contribution in [0.4, 0.5) is 0 Å². The van der Waals surface area contributed by atoms with E-state index in [1.54, 1.807) is 0 Å². The first-order chi connectivity index (χ1) is 8.57. The van der Waals surface area contributed by atoms with E-state index >= 15 is 0 Å². The summed E-state index contributed by atoms with van der Waals surface area (Å²) in [5.74, 6) is 7.16. The molecule has 1 aromatic carbocycles. The van der Waals surface area contributed by atoms with Crippen LogP contribution in [0.5, 0.6) is 0 Å². The molecule has 1 aliphatic heterocycles. The van der Waals surface area contributed by atoms with E-state index in [-0.39, 0.29) is 7.12 Å². The van der Waals surface area contributed by atoms with Crippen molar-refractivity contribution in [3.63, 3.8) is 0 Å². The van der Waals surface area contributed by atoms with Crippen molar-refractivity contribution >= 4 is 26.5 Å². The quantitative estimate of drug-likeness (QED) is 0.797. The van der Waals surface area contributed by atoms with Crippen LogP contribution in [-0.2, 0) is 9.31 Å². The van der Waals surface area contributed by atoms with Crippen LogP contribution in [-0.4, -0.2) is 33.6 Å². The molecule has 0 radical (unpaired) electrons. The monoisotopic (exact) mass is 306 g/mol. The maximum atomic E-state index is 5.80. The third-order valence-corrected chi connectivity index (χ3v) is 7.50. The van der Waals surface area contributed by atoms with E-state index in [1.807, 2.05) is 6.07 Å². The van der Waals surface area contributed by atoms with Crippen molar-refractivity contribution in [2.24, 2.45) is 0 Å². The molecule has 0 aromatic heterocycles. The van der Waals surface area contributed by atoms with E-state index in [0.717, 1.165) is 19.6 Å². The zero-order chi connectivity index (χ0) is 13.0. The average molecular weight is 305 g/mol. The minimum atomic E-state index is -1.97. The molecule has 0 N–H and O–H groups in total. The minimum absolute atomic E-state index is 0.112. The van der Waals surface area contributed by atoms with Crippen molar-refractivity contribution in [3.8, 4) is 0 Å².